The summed E-state index contributed by atoms with van der Waals surface area (Å²) in [7, 11) is -3.10. The van der Waals surface area contributed by atoms with Crippen molar-refractivity contribution in [1.82, 2.24) is 0 Å². The van der Waals surface area contributed by atoms with Gasteiger partial charge >= 0.3 is 8.80 Å². The zero-order valence-electron chi connectivity index (χ0n) is 14.0. The topological polar surface area (TPSA) is 38.7 Å². The van der Waals surface area contributed by atoms with Crippen LogP contribution in [0, 0.1) is 23.3 Å². The average Bonchev–Trinajstić information content (AvgIpc) is 2.53. The number of rotatable bonds is 11. The zero-order chi connectivity index (χ0) is 18.2. The molecule has 1 rings (SSSR count). The molecule has 0 amide bonds. The zero-order valence-corrected chi connectivity index (χ0v) is 15.0. The first-order valence-electron chi connectivity index (χ1n) is 8.16. The van der Waals surface area contributed by atoms with Crippen molar-refractivity contribution in [1.29, 1.82) is 0 Å². The van der Waals surface area contributed by atoms with Gasteiger partial charge in [0.25, 0.3) is 0 Å². The molecule has 138 valence electrons. The van der Waals surface area contributed by atoms with Crippen LogP contribution in [0.1, 0.15) is 45.1 Å². The fourth-order valence-electron chi connectivity index (χ4n) is 2.46. The highest BCUT2D eigenvalue weighted by atomic mass is 28.4. The second-order valence-corrected chi connectivity index (χ2v) is 7.96. The lowest BCUT2D eigenvalue weighted by Crippen LogP contribution is -2.42. The van der Waals surface area contributed by atoms with Crippen molar-refractivity contribution in [3.05, 3.63) is 34.9 Å². The summed E-state index contributed by atoms with van der Waals surface area (Å²) in [5, 5.41) is 0. The number of hydrogen-bond acceptors (Lipinski definition) is 3. The fourth-order valence-corrected chi connectivity index (χ4v) is 4.43. The Morgan fingerprint density at radius 2 is 1.46 bits per heavy atom. The van der Waals surface area contributed by atoms with Gasteiger partial charge in [0.05, 0.1) is 0 Å². The summed E-state index contributed by atoms with van der Waals surface area (Å²) in [6, 6.07) is 1.13. The number of hydrogen-bond donors (Lipinski definition) is 1. The number of halogens is 4. The smallest absolute Gasteiger partial charge is 0.390 e. The van der Waals surface area contributed by atoms with E-state index in [1.54, 1.807) is 13.8 Å². The third-order valence-corrected chi connectivity index (χ3v) is 6.07. The molecule has 0 atom stereocenters. The van der Waals surface area contributed by atoms with Gasteiger partial charge in [0.15, 0.2) is 23.3 Å². The van der Waals surface area contributed by atoms with Crippen molar-refractivity contribution in [2.24, 2.45) is 0 Å². The van der Waals surface area contributed by atoms with Crippen LogP contribution in [0.5, 0.6) is 0 Å². The lowest BCUT2D eigenvalue weighted by molar-refractivity contribution is 0.107. The Morgan fingerprint density at radius 1 is 0.875 bits per heavy atom. The Morgan fingerprint density at radius 3 is 2.04 bits per heavy atom. The molecule has 24 heavy (non-hydrogen) atoms. The molecule has 0 saturated heterocycles. The van der Waals surface area contributed by atoms with E-state index in [9.17, 15) is 22.4 Å². The first kappa shape index (κ1) is 21.1. The van der Waals surface area contributed by atoms with E-state index in [1.807, 2.05) is 0 Å². The Balaban J connectivity index is 2.37. The van der Waals surface area contributed by atoms with Gasteiger partial charge in [-0.15, -0.1) is 0 Å². The second-order valence-electron chi connectivity index (χ2n) is 5.45. The minimum Gasteiger partial charge on any atom is -0.390 e. The van der Waals surface area contributed by atoms with Crippen LogP contribution in [0.3, 0.4) is 0 Å². The first-order valence-corrected chi connectivity index (χ1v) is 10.1. The standard InChI is InChI=1S/C16H24F4O3Si/c1-3-22-24(21,23-4-2)10-8-6-5-7-9-12-11-13(17)15(19)16(20)14(12)18/h11,21H,3-10H2,1-2H3. The molecule has 0 unspecified atom stereocenters. The molecule has 1 aromatic rings. The monoisotopic (exact) mass is 368 g/mol. The van der Waals surface area contributed by atoms with Crippen LogP contribution < -0.4 is 0 Å². The van der Waals surface area contributed by atoms with Gasteiger partial charge in [-0.2, -0.15) is 0 Å². The maximum Gasteiger partial charge on any atom is 0.498 e. The number of aryl methyl sites for hydroxylation is 1. The molecular formula is C16H24F4O3Si. The van der Waals surface area contributed by atoms with Crippen LogP contribution in [0.25, 0.3) is 0 Å². The van der Waals surface area contributed by atoms with Gasteiger partial charge in [-0.05, 0) is 44.7 Å². The molecule has 1 N–H and O–H groups in total. The molecular weight excluding hydrogens is 344 g/mol. The van der Waals surface area contributed by atoms with E-state index in [0.717, 1.165) is 6.42 Å². The summed E-state index contributed by atoms with van der Waals surface area (Å²) in [6.07, 6.45) is 2.73. The SMILES string of the molecule is CCO[Si](O)(CCCCCCc1cc(F)c(F)c(F)c1F)OCC. The minimum absolute atomic E-state index is 0.124. The molecule has 0 aliphatic rings. The Kier molecular flexibility index (Phi) is 8.89. The molecule has 0 saturated carbocycles. The van der Waals surface area contributed by atoms with Gasteiger partial charge in [-0.3, -0.25) is 0 Å². The van der Waals surface area contributed by atoms with Crippen LogP contribution in [0.4, 0.5) is 17.6 Å². The van der Waals surface area contributed by atoms with Gasteiger partial charge < -0.3 is 13.6 Å². The maximum atomic E-state index is 13.5. The normalized spacial score (nSPS) is 12.0. The van der Waals surface area contributed by atoms with E-state index < -0.39 is 32.1 Å². The molecule has 0 fully saturated rings. The van der Waals surface area contributed by atoms with Crippen molar-refractivity contribution in [3.8, 4) is 0 Å². The summed E-state index contributed by atoms with van der Waals surface area (Å²) in [5.41, 5.74) is -0.166. The van der Waals surface area contributed by atoms with Gasteiger partial charge in [0.2, 0.25) is 0 Å². The highest BCUT2D eigenvalue weighted by molar-refractivity contribution is 6.59. The first-order chi connectivity index (χ1) is 11.3. The number of unbranched alkanes of at least 4 members (excludes halogenated alkanes) is 3. The fraction of sp³-hybridized carbons (Fsp3) is 0.625. The average molecular weight is 368 g/mol. The van der Waals surface area contributed by atoms with Crippen LogP contribution in [-0.4, -0.2) is 26.8 Å². The molecule has 3 nitrogen and oxygen atoms in total. The third-order valence-electron chi connectivity index (χ3n) is 3.61. The summed E-state index contributed by atoms with van der Waals surface area (Å²) >= 11 is 0. The van der Waals surface area contributed by atoms with Gasteiger partial charge in [-0.25, -0.2) is 17.6 Å². The molecule has 8 heteroatoms. The van der Waals surface area contributed by atoms with E-state index >= 15 is 0 Å². The summed E-state index contributed by atoms with van der Waals surface area (Å²) in [4.78, 5) is 10.2. The summed E-state index contributed by atoms with van der Waals surface area (Å²) in [6.45, 7) is 4.33. The second kappa shape index (κ2) is 10.1. The molecule has 0 heterocycles. The molecule has 0 aliphatic heterocycles. The van der Waals surface area contributed by atoms with E-state index in [-0.39, 0.29) is 12.0 Å². The lowest BCUT2D eigenvalue weighted by atomic mass is 10.1. The van der Waals surface area contributed by atoms with Crippen molar-refractivity contribution >= 4 is 8.80 Å². The van der Waals surface area contributed by atoms with Crippen molar-refractivity contribution in [2.75, 3.05) is 13.2 Å². The van der Waals surface area contributed by atoms with E-state index in [1.165, 1.54) is 0 Å². The summed E-state index contributed by atoms with van der Waals surface area (Å²) < 4.78 is 63.2. The van der Waals surface area contributed by atoms with E-state index in [4.69, 9.17) is 8.85 Å². The Hall–Kier alpha value is -0.963. The molecule has 0 spiro atoms. The largest absolute Gasteiger partial charge is 0.498 e. The van der Waals surface area contributed by atoms with Crippen molar-refractivity contribution < 1.29 is 31.2 Å². The quantitative estimate of drug-likeness (QED) is 0.207. The lowest BCUT2D eigenvalue weighted by Gasteiger charge is -2.22. The highest BCUT2D eigenvalue weighted by Crippen LogP contribution is 2.21. The maximum absolute atomic E-state index is 13.5. The molecule has 0 radical (unpaired) electrons. The van der Waals surface area contributed by atoms with Crippen LogP contribution in [-0.2, 0) is 15.3 Å². The van der Waals surface area contributed by atoms with Crippen LogP contribution >= 0.6 is 0 Å². The minimum atomic E-state index is -3.10. The Labute approximate surface area is 141 Å². The Bertz CT molecular complexity index is 523. The van der Waals surface area contributed by atoms with Gasteiger partial charge in [0.1, 0.15) is 0 Å². The van der Waals surface area contributed by atoms with Crippen LogP contribution in [0.2, 0.25) is 6.04 Å². The van der Waals surface area contributed by atoms with Crippen LogP contribution in [0.15, 0.2) is 6.07 Å². The molecule has 0 aliphatic carbocycles. The van der Waals surface area contributed by atoms with E-state index in [0.29, 0.717) is 44.6 Å². The van der Waals surface area contributed by atoms with Gasteiger partial charge in [-0.1, -0.05) is 12.8 Å². The van der Waals surface area contributed by atoms with Crippen molar-refractivity contribution in [3.63, 3.8) is 0 Å². The third kappa shape index (κ3) is 6.16. The number of benzene rings is 1. The highest BCUT2D eigenvalue weighted by Gasteiger charge is 2.35. The van der Waals surface area contributed by atoms with Gasteiger partial charge in [0, 0.05) is 19.3 Å². The predicted molar refractivity (Wildman–Crippen MR) is 84.5 cm³/mol. The van der Waals surface area contributed by atoms with Crippen molar-refractivity contribution in [2.45, 2.75) is 52.0 Å². The molecule has 0 bridgehead atoms. The molecule has 0 aromatic heterocycles. The summed E-state index contributed by atoms with van der Waals surface area (Å²) in [5.74, 6) is -6.27. The predicted octanol–water partition coefficient (Wildman–Crippen LogP) is 4.35. The van der Waals surface area contributed by atoms with E-state index in [2.05, 4.69) is 0 Å². The molecule has 1 aromatic carbocycles.